The first kappa shape index (κ1) is 20.6. The van der Waals surface area contributed by atoms with Gasteiger partial charge in [-0.3, -0.25) is 9.36 Å². The van der Waals surface area contributed by atoms with Gasteiger partial charge < -0.3 is 4.74 Å². The van der Waals surface area contributed by atoms with Crippen molar-refractivity contribution in [3.8, 4) is 0 Å². The van der Waals surface area contributed by atoms with Gasteiger partial charge in [0.15, 0.2) is 0 Å². The maximum atomic E-state index is 13.4. The summed E-state index contributed by atoms with van der Waals surface area (Å²) in [5.74, 6) is -0.966. The van der Waals surface area contributed by atoms with Crippen LogP contribution in [-0.2, 0) is 14.8 Å². The third-order valence-corrected chi connectivity index (χ3v) is 7.44. The quantitative estimate of drug-likeness (QED) is 0.572. The highest BCUT2D eigenvalue weighted by molar-refractivity contribution is 7.89. The number of fused-ring (bicyclic) bond motifs is 1. The second kappa shape index (κ2) is 7.86. The molecular weight excluding hydrogens is 428 g/mol. The number of methoxy groups -OCH3 is 1. The Morgan fingerprint density at radius 1 is 1.10 bits per heavy atom. The first-order valence-electron chi connectivity index (χ1n) is 9.34. The Balaban J connectivity index is 1.75. The minimum absolute atomic E-state index is 0.0826. The fourth-order valence-electron chi connectivity index (χ4n) is 3.81. The molecule has 156 valence electrons. The van der Waals surface area contributed by atoms with E-state index in [1.807, 2.05) is 0 Å². The summed E-state index contributed by atoms with van der Waals surface area (Å²) < 4.78 is 33.7. The van der Waals surface area contributed by atoms with Crippen molar-refractivity contribution in [2.24, 2.45) is 0 Å². The van der Waals surface area contributed by atoms with Crippen molar-refractivity contribution in [2.45, 2.75) is 23.8 Å². The van der Waals surface area contributed by atoms with E-state index < -0.39 is 27.9 Å². The standard InChI is InChI=1S/C21H19ClN2O5S/c1-29-21(26)17-13-23(18-6-3-2-5-16(17)18)20(25)19-7-4-12-24(19)30(27,28)15-10-8-14(22)9-11-15/h2-3,5-6,8-11,13,19H,4,7,12H2,1H3. The highest BCUT2D eigenvalue weighted by atomic mass is 35.5. The molecule has 0 radical (unpaired) electrons. The Morgan fingerprint density at radius 2 is 1.80 bits per heavy atom. The largest absolute Gasteiger partial charge is 0.465 e. The smallest absolute Gasteiger partial charge is 0.340 e. The summed E-state index contributed by atoms with van der Waals surface area (Å²) in [4.78, 5) is 25.7. The van der Waals surface area contributed by atoms with Gasteiger partial charge in [0.05, 0.1) is 23.1 Å². The fourth-order valence-corrected chi connectivity index (χ4v) is 5.59. The minimum Gasteiger partial charge on any atom is -0.465 e. The number of hydrogen-bond acceptors (Lipinski definition) is 5. The Morgan fingerprint density at radius 3 is 2.50 bits per heavy atom. The summed E-state index contributed by atoms with van der Waals surface area (Å²) in [5.41, 5.74) is 0.783. The molecule has 1 aliphatic heterocycles. The van der Waals surface area contributed by atoms with Gasteiger partial charge in [-0.15, -0.1) is 0 Å². The van der Waals surface area contributed by atoms with Gasteiger partial charge in [-0.2, -0.15) is 4.31 Å². The molecule has 1 aromatic heterocycles. The van der Waals surface area contributed by atoms with E-state index in [0.717, 1.165) is 0 Å². The number of ether oxygens (including phenoxy) is 1. The molecular formula is C21H19ClN2O5S. The van der Waals surface area contributed by atoms with Gasteiger partial charge in [-0.05, 0) is 43.2 Å². The van der Waals surface area contributed by atoms with Crippen LogP contribution in [0.5, 0.6) is 0 Å². The average molecular weight is 447 g/mol. The van der Waals surface area contributed by atoms with Crippen molar-refractivity contribution in [1.29, 1.82) is 0 Å². The molecule has 30 heavy (non-hydrogen) atoms. The van der Waals surface area contributed by atoms with E-state index in [4.69, 9.17) is 16.3 Å². The molecule has 4 rings (SSSR count). The van der Waals surface area contributed by atoms with Crippen LogP contribution in [0.15, 0.2) is 59.6 Å². The summed E-state index contributed by atoms with van der Waals surface area (Å²) in [5, 5.41) is 1.000. The first-order chi connectivity index (χ1) is 14.3. The van der Waals surface area contributed by atoms with Crippen molar-refractivity contribution in [3.63, 3.8) is 0 Å². The van der Waals surface area contributed by atoms with Crippen LogP contribution in [0.3, 0.4) is 0 Å². The number of sulfonamides is 1. The molecule has 0 spiro atoms. The summed E-state index contributed by atoms with van der Waals surface area (Å²) >= 11 is 5.87. The molecule has 0 amide bonds. The lowest BCUT2D eigenvalue weighted by Gasteiger charge is -2.23. The number of benzene rings is 2. The van der Waals surface area contributed by atoms with Gasteiger partial charge >= 0.3 is 5.97 Å². The van der Waals surface area contributed by atoms with Crippen molar-refractivity contribution in [3.05, 3.63) is 65.3 Å². The van der Waals surface area contributed by atoms with Gasteiger partial charge in [0.25, 0.3) is 0 Å². The monoisotopic (exact) mass is 446 g/mol. The van der Waals surface area contributed by atoms with E-state index in [1.165, 1.54) is 46.4 Å². The Hall–Kier alpha value is -2.68. The van der Waals surface area contributed by atoms with Gasteiger partial charge in [0.1, 0.15) is 6.04 Å². The molecule has 0 saturated carbocycles. The molecule has 9 heteroatoms. The number of rotatable bonds is 4. The third-order valence-electron chi connectivity index (χ3n) is 5.26. The number of carbonyl (C=O) groups excluding carboxylic acids is 2. The molecule has 2 heterocycles. The average Bonchev–Trinajstić information content (AvgIpc) is 3.39. The lowest BCUT2D eigenvalue weighted by atomic mass is 10.2. The number of halogens is 1. The molecule has 1 saturated heterocycles. The highest BCUT2D eigenvalue weighted by Crippen LogP contribution is 2.30. The lowest BCUT2D eigenvalue weighted by molar-refractivity contribution is 0.0603. The van der Waals surface area contributed by atoms with Crippen molar-refractivity contribution >= 4 is 44.4 Å². The van der Waals surface area contributed by atoms with Crippen LogP contribution >= 0.6 is 11.6 Å². The van der Waals surface area contributed by atoms with E-state index >= 15 is 0 Å². The molecule has 1 atom stereocenters. The first-order valence-corrected chi connectivity index (χ1v) is 11.2. The highest BCUT2D eigenvalue weighted by Gasteiger charge is 2.40. The molecule has 3 aromatic rings. The van der Waals surface area contributed by atoms with Crippen LogP contribution in [0.4, 0.5) is 0 Å². The van der Waals surface area contributed by atoms with Crippen LogP contribution < -0.4 is 0 Å². The Labute approximate surface area is 178 Å². The molecule has 0 aliphatic carbocycles. The summed E-state index contributed by atoms with van der Waals surface area (Å²) in [6.07, 6.45) is 2.38. The predicted octanol–water partition coefficient (Wildman–Crippen LogP) is 3.57. The SMILES string of the molecule is COC(=O)c1cn(C(=O)C2CCCN2S(=O)(=O)c2ccc(Cl)cc2)c2ccccc12. The summed E-state index contributed by atoms with van der Waals surface area (Å²) in [6.45, 7) is 0.241. The van der Waals surface area contributed by atoms with Crippen molar-refractivity contribution in [2.75, 3.05) is 13.7 Å². The number of esters is 1. The van der Waals surface area contributed by atoms with Crippen LogP contribution in [0, 0.1) is 0 Å². The number of para-hydroxylation sites is 1. The minimum atomic E-state index is -3.88. The number of carbonyl (C=O) groups is 2. The van der Waals surface area contributed by atoms with Crippen LogP contribution in [0.1, 0.15) is 28.0 Å². The molecule has 7 nitrogen and oxygen atoms in total. The van der Waals surface area contributed by atoms with E-state index in [-0.39, 0.29) is 17.0 Å². The number of hydrogen-bond donors (Lipinski definition) is 0. The van der Waals surface area contributed by atoms with E-state index in [9.17, 15) is 18.0 Å². The van der Waals surface area contributed by atoms with E-state index in [0.29, 0.717) is 28.8 Å². The summed E-state index contributed by atoms with van der Waals surface area (Å²) in [6, 6.07) is 11.9. The van der Waals surface area contributed by atoms with Crippen molar-refractivity contribution < 1.29 is 22.7 Å². The maximum absolute atomic E-state index is 13.4. The molecule has 2 aromatic carbocycles. The topological polar surface area (TPSA) is 85.7 Å². The van der Waals surface area contributed by atoms with Crippen LogP contribution in [0.25, 0.3) is 10.9 Å². The normalized spacial score (nSPS) is 17.3. The zero-order chi connectivity index (χ0) is 21.5. The second-order valence-corrected chi connectivity index (χ2v) is 9.31. The Bertz CT molecular complexity index is 1230. The lowest BCUT2D eigenvalue weighted by Crippen LogP contribution is -2.42. The van der Waals surface area contributed by atoms with Crippen LogP contribution in [-0.4, -0.2) is 48.9 Å². The zero-order valence-corrected chi connectivity index (χ0v) is 17.7. The molecule has 1 unspecified atom stereocenters. The number of nitrogens with zero attached hydrogens (tertiary/aromatic N) is 2. The third kappa shape index (κ3) is 3.40. The molecule has 1 fully saturated rings. The van der Waals surface area contributed by atoms with Gasteiger partial charge in [-0.1, -0.05) is 29.8 Å². The molecule has 0 bridgehead atoms. The van der Waals surface area contributed by atoms with Gasteiger partial charge in [0.2, 0.25) is 15.9 Å². The fraction of sp³-hybridized carbons (Fsp3) is 0.238. The second-order valence-electron chi connectivity index (χ2n) is 6.99. The molecule has 1 aliphatic rings. The van der Waals surface area contributed by atoms with E-state index in [2.05, 4.69) is 0 Å². The van der Waals surface area contributed by atoms with Crippen LogP contribution in [0.2, 0.25) is 5.02 Å². The van der Waals surface area contributed by atoms with Gasteiger partial charge in [-0.25, -0.2) is 13.2 Å². The molecule has 0 N–H and O–H groups in total. The predicted molar refractivity (Wildman–Crippen MR) is 112 cm³/mol. The van der Waals surface area contributed by atoms with E-state index in [1.54, 1.807) is 24.3 Å². The van der Waals surface area contributed by atoms with Gasteiger partial charge in [0, 0.05) is 23.2 Å². The Kier molecular flexibility index (Phi) is 5.40. The van der Waals surface area contributed by atoms with Crippen molar-refractivity contribution in [1.82, 2.24) is 8.87 Å². The summed E-state index contributed by atoms with van der Waals surface area (Å²) in [7, 11) is -2.60. The number of aromatic nitrogens is 1. The maximum Gasteiger partial charge on any atom is 0.340 e. The zero-order valence-electron chi connectivity index (χ0n) is 16.1.